The number of benzene rings is 1. The molecule has 0 aliphatic rings. The molecule has 1 aromatic carbocycles. The summed E-state index contributed by atoms with van der Waals surface area (Å²) in [5.41, 5.74) is 1.31. The first kappa shape index (κ1) is 17.0. The number of halogens is 1. The van der Waals surface area contributed by atoms with Gasteiger partial charge in [0, 0.05) is 0 Å². The van der Waals surface area contributed by atoms with Crippen molar-refractivity contribution >= 4 is 27.4 Å². The molecule has 0 radical (unpaired) electrons. The molecular formula is C13H21ClO3Si. The van der Waals surface area contributed by atoms with Crippen molar-refractivity contribution < 1.29 is 14.3 Å². The van der Waals surface area contributed by atoms with Gasteiger partial charge in [-0.05, 0) is 37.6 Å². The molecule has 5 heteroatoms. The number of aromatic carboxylic acids is 1. The van der Waals surface area contributed by atoms with Crippen LogP contribution in [0.25, 0.3) is 0 Å². The van der Waals surface area contributed by atoms with Gasteiger partial charge in [-0.2, -0.15) is 0 Å². The van der Waals surface area contributed by atoms with Gasteiger partial charge in [0.25, 0.3) is 0 Å². The molecule has 1 N–H and O–H groups in total. The summed E-state index contributed by atoms with van der Waals surface area (Å²) < 4.78 is 5.79. The number of carboxylic acid groups (broad SMARTS) is 1. The van der Waals surface area contributed by atoms with Crippen molar-refractivity contribution in [3.05, 3.63) is 29.3 Å². The van der Waals surface area contributed by atoms with Crippen molar-refractivity contribution in [1.82, 2.24) is 0 Å². The number of para-hydroxylation sites is 1. The van der Waals surface area contributed by atoms with Crippen LogP contribution in [0, 0.1) is 0 Å². The highest BCUT2D eigenvalue weighted by atomic mass is 35.5. The van der Waals surface area contributed by atoms with Gasteiger partial charge < -0.3 is 9.53 Å². The molecular weight excluding hydrogens is 268 g/mol. The van der Waals surface area contributed by atoms with E-state index < -0.39 is 15.0 Å². The first-order valence-corrected chi connectivity index (χ1v) is 8.86. The zero-order valence-corrected chi connectivity index (χ0v) is 13.1. The van der Waals surface area contributed by atoms with E-state index in [4.69, 9.17) is 9.53 Å². The molecule has 0 saturated carbocycles. The van der Waals surface area contributed by atoms with Crippen LogP contribution in [-0.2, 0) is 6.42 Å². The summed E-state index contributed by atoms with van der Waals surface area (Å²) >= 11 is 0. The van der Waals surface area contributed by atoms with Crippen molar-refractivity contribution in [2.75, 3.05) is 0 Å². The molecule has 1 rings (SSSR count). The van der Waals surface area contributed by atoms with Crippen LogP contribution in [0.5, 0.6) is 5.75 Å². The lowest BCUT2D eigenvalue weighted by Gasteiger charge is -2.16. The molecule has 0 aliphatic heterocycles. The lowest BCUT2D eigenvalue weighted by Crippen LogP contribution is -2.15. The second-order valence-electron chi connectivity index (χ2n) is 4.37. The third-order valence-corrected chi connectivity index (χ3v) is 3.19. The number of hydrogen-bond acceptors (Lipinski definition) is 2. The van der Waals surface area contributed by atoms with E-state index in [0.717, 1.165) is 24.8 Å². The van der Waals surface area contributed by atoms with E-state index in [1.54, 1.807) is 12.1 Å². The molecule has 3 nitrogen and oxygen atoms in total. The minimum atomic E-state index is -1.29. The van der Waals surface area contributed by atoms with E-state index in [-0.39, 0.29) is 12.4 Å². The molecule has 0 aromatic heterocycles. The zero-order valence-electron chi connectivity index (χ0n) is 11.1. The first-order chi connectivity index (χ1) is 8.06. The van der Waals surface area contributed by atoms with Crippen molar-refractivity contribution in [1.29, 1.82) is 0 Å². The Bertz CT molecular complexity index is 394. The van der Waals surface area contributed by atoms with E-state index >= 15 is 0 Å². The number of carbonyl (C=O) groups is 1. The zero-order chi connectivity index (χ0) is 12.8. The van der Waals surface area contributed by atoms with Gasteiger partial charge in [-0.3, -0.25) is 0 Å². The number of rotatable bonds is 6. The third-order valence-electron chi connectivity index (χ3n) is 2.48. The highest BCUT2D eigenvalue weighted by molar-refractivity contribution is 6.49. The van der Waals surface area contributed by atoms with E-state index in [2.05, 4.69) is 6.92 Å². The highest BCUT2D eigenvalue weighted by Gasteiger charge is 2.16. The summed E-state index contributed by atoms with van der Waals surface area (Å²) in [6.07, 6.45) is 3.03. The highest BCUT2D eigenvalue weighted by Crippen LogP contribution is 2.26. The lowest BCUT2D eigenvalue weighted by atomic mass is 10.0. The number of carboxylic acids is 1. The maximum atomic E-state index is 11.2. The Morgan fingerprint density at radius 1 is 1.39 bits per heavy atom. The van der Waals surface area contributed by atoms with Gasteiger partial charge in [0.2, 0.25) is 9.04 Å². The minimum absolute atomic E-state index is 0. The summed E-state index contributed by atoms with van der Waals surface area (Å²) in [6.45, 7) is 6.21. The Balaban J connectivity index is 0.00000289. The normalized spacial score (nSPS) is 10.0. The van der Waals surface area contributed by atoms with Crippen LogP contribution in [-0.4, -0.2) is 20.1 Å². The van der Waals surface area contributed by atoms with E-state index in [1.807, 2.05) is 19.2 Å². The molecule has 0 unspecified atom stereocenters. The smallest absolute Gasteiger partial charge is 0.339 e. The first-order valence-electron chi connectivity index (χ1n) is 6.08. The van der Waals surface area contributed by atoms with Gasteiger partial charge in [0.05, 0.1) is 0 Å². The molecule has 0 spiro atoms. The maximum absolute atomic E-state index is 11.2. The van der Waals surface area contributed by atoms with Crippen LogP contribution in [0.3, 0.4) is 0 Å². The van der Waals surface area contributed by atoms with Crippen LogP contribution < -0.4 is 4.43 Å². The predicted octanol–water partition coefficient (Wildman–Crippen LogP) is 3.51. The Morgan fingerprint density at radius 3 is 2.56 bits per heavy atom. The summed E-state index contributed by atoms with van der Waals surface area (Å²) in [4.78, 5) is 11.2. The molecule has 1 aromatic rings. The molecule has 0 bridgehead atoms. The number of hydrogen-bond donors (Lipinski definition) is 1. The quantitative estimate of drug-likeness (QED) is 0.815. The van der Waals surface area contributed by atoms with Crippen molar-refractivity contribution in [3.63, 3.8) is 0 Å². The molecule has 102 valence electrons. The van der Waals surface area contributed by atoms with E-state index in [9.17, 15) is 4.79 Å². The van der Waals surface area contributed by atoms with Gasteiger partial charge in [0.1, 0.15) is 11.3 Å². The average Bonchev–Trinajstić information content (AvgIpc) is 2.26. The third kappa shape index (κ3) is 4.70. The standard InChI is InChI=1S/C13H20O3Si.ClH/c1-4-5-7-10-8-6-9-11(13(14)15)12(10)16-17(2)3;/h6,8-9,17H,4-5,7H2,1-3H3,(H,14,15);1H. The van der Waals surface area contributed by atoms with E-state index in [0.29, 0.717) is 11.3 Å². The van der Waals surface area contributed by atoms with Gasteiger partial charge >= 0.3 is 5.97 Å². The molecule has 0 atom stereocenters. The fourth-order valence-electron chi connectivity index (χ4n) is 1.69. The molecule has 18 heavy (non-hydrogen) atoms. The largest absolute Gasteiger partial charge is 0.546 e. The minimum Gasteiger partial charge on any atom is -0.546 e. The second-order valence-corrected chi connectivity index (χ2v) is 6.70. The Morgan fingerprint density at radius 2 is 2.06 bits per heavy atom. The van der Waals surface area contributed by atoms with Gasteiger partial charge in [-0.1, -0.05) is 25.5 Å². The van der Waals surface area contributed by atoms with Crippen molar-refractivity contribution in [2.45, 2.75) is 39.3 Å². The van der Waals surface area contributed by atoms with Crippen molar-refractivity contribution in [2.24, 2.45) is 0 Å². The number of aryl methyl sites for hydroxylation is 1. The lowest BCUT2D eigenvalue weighted by molar-refractivity contribution is 0.0694. The Kier molecular flexibility index (Phi) is 7.71. The van der Waals surface area contributed by atoms with Gasteiger partial charge in [0.15, 0.2) is 0 Å². The number of unbranched alkanes of at least 4 members (excludes halogenated alkanes) is 1. The fourth-order valence-corrected chi connectivity index (χ4v) is 2.44. The summed E-state index contributed by atoms with van der Waals surface area (Å²) in [5.74, 6) is -0.317. The molecule has 0 saturated heterocycles. The summed E-state index contributed by atoms with van der Waals surface area (Å²) in [5, 5.41) is 9.16. The second kappa shape index (κ2) is 8.16. The molecule has 0 amide bonds. The Labute approximate surface area is 116 Å². The fraction of sp³-hybridized carbons (Fsp3) is 0.462. The maximum Gasteiger partial charge on any atom is 0.339 e. The van der Waals surface area contributed by atoms with Gasteiger partial charge in [-0.15, -0.1) is 12.4 Å². The van der Waals surface area contributed by atoms with Crippen LogP contribution in [0.1, 0.15) is 35.7 Å². The SMILES string of the molecule is CCCCc1cccc(C(=O)O)c1O[SiH](C)C.Cl. The summed E-state index contributed by atoms with van der Waals surface area (Å²) in [7, 11) is -1.29. The van der Waals surface area contributed by atoms with Crippen molar-refractivity contribution in [3.8, 4) is 5.75 Å². The van der Waals surface area contributed by atoms with Crippen LogP contribution in [0.2, 0.25) is 13.1 Å². The summed E-state index contributed by atoms with van der Waals surface area (Å²) in [6, 6.07) is 5.38. The van der Waals surface area contributed by atoms with Gasteiger partial charge in [-0.25, -0.2) is 4.79 Å². The molecule has 0 heterocycles. The monoisotopic (exact) mass is 288 g/mol. The topological polar surface area (TPSA) is 46.5 Å². The van der Waals surface area contributed by atoms with Crippen LogP contribution >= 0.6 is 12.4 Å². The van der Waals surface area contributed by atoms with E-state index in [1.165, 1.54) is 0 Å². The molecule has 0 aliphatic carbocycles. The van der Waals surface area contributed by atoms with Crippen LogP contribution in [0.4, 0.5) is 0 Å². The average molecular weight is 289 g/mol. The molecule has 0 fully saturated rings. The predicted molar refractivity (Wildman–Crippen MR) is 78.8 cm³/mol. The Hall–Kier alpha value is -1.00. The van der Waals surface area contributed by atoms with Crippen LogP contribution in [0.15, 0.2) is 18.2 Å².